The van der Waals surface area contributed by atoms with Crippen molar-refractivity contribution in [2.75, 3.05) is 5.32 Å². The number of benzene rings is 1. The van der Waals surface area contributed by atoms with E-state index >= 15 is 0 Å². The van der Waals surface area contributed by atoms with Crippen LogP contribution in [0.3, 0.4) is 0 Å². The second kappa shape index (κ2) is 5.25. The monoisotopic (exact) mass is 314 g/mol. The van der Waals surface area contributed by atoms with Crippen LogP contribution in [0.1, 0.15) is 30.1 Å². The second-order valence-corrected chi connectivity index (χ2v) is 6.16. The standard InChI is InChI=1S/C16H15ClN4O/c17-10-1-3-11(4-2-10)20-16(22)21-12-5-6-15(21)13-8-18-9-19-14(13)7-12/h1-4,8-9,12,15H,5-7H2,(H,20,22)/t12-,15+/m0/s1. The normalized spacial score (nSPS) is 22.3. The van der Waals surface area contributed by atoms with Gasteiger partial charge in [0.15, 0.2) is 0 Å². The molecule has 112 valence electrons. The van der Waals surface area contributed by atoms with Gasteiger partial charge in [0.2, 0.25) is 0 Å². The van der Waals surface area contributed by atoms with Crippen LogP contribution in [0.15, 0.2) is 36.8 Å². The van der Waals surface area contributed by atoms with E-state index in [1.54, 1.807) is 18.5 Å². The molecule has 4 rings (SSSR count). The van der Waals surface area contributed by atoms with Gasteiger partial charge < -0.3 is 10.2 Å². The number of fused-ring (bicyclic) bond motifs is 4. The lowest BCUT2D eigenvalue weighted by atomic mass is 10.00. The minimum absolute atomic E-state index is 0.0654. The van der Waals surface area contributed by atoms with Crippen LogP contribution in [0.5, 0.6) is 0 Å². The maximum Gasteiger partial charge on any atom is 0.322 e. The van der Waals surface area contributed by atoms with Crippen molar-refractivity contribution in [1.82, 2.24) is 14.9 Å². The Balaban J connectivity index is 1.58. The highest BCUT2D eigenvalue weighted by molar-refractivity contribution is 6.30. The van der Waals surface area contributed by atoms with Crippen molar-refractivity contribution in [2.24, 2.45) is 0 Å². The Kier molecular flexibility index (Phi) is 3.22. The summed E-state index contributed by atoms with van der Waals surface area (Å²) in [4.78, 5) is 23.1. The van der Waals surface area contributed by atoms with Gasteiger partial charge in [-0.15, -0.1) is 0 Å². The zero-order valence-corrected chi connectivity index (χ0v) is 12.6. The Morgan fingerprint density at radius 2 is 2.09 bits per heavy atom. The van der Waals surface area contributed by atoms with E-state index < -0.39 is 0 Å². The number of aromatic nitrogens is 2. The molecule has 1 aromatic heterocycles. The van der Waals surface area contributed by atoms with Crippen molar-refractivity contribution in [3.63, 3.8) is 0 Å². The fourth-order valence-corrected chi connectivity index (χ4v) is 3.58. The van der Waals surface area contributed by atoms with E-state index in [0.29, 0.717) is 5.02 Å². The number of anilines is 1. The molecule has 2 bridgehead atoms. The van der Waals surface area contributed by atoms with Crippen LogP contribution >= 0.6 is 11.6 Å². The largest absolute Gasteiger partial charge is 0.322 e. The van der Waals surface area contributed by atoms with Crippen molar-refractivity contribution < 1.29 is 4.79 Å². The van der Waals surface area contributed by atoms with Crippen LogP contribution in [-0.4, -0.2) is 26.9 Å². The topological polar surface area (TPSA) is 58.1 Å². The molecule has 0 radical (unpaired) electrons. The average molecular weight is 315 g/mol. The molecule has 1 saturated heterocycles. The van der Waals surface area contributed by atoms with E-state index in [9.17, 15) is 4.79 Å². The van der Waals surface area contributed by atoms with Gasteiger partial charge >= 0.3 is 6.03 Å². The van der Waals surface area contributed by atoms with Crippen molar-refractivity contribution in [3.8, 4) is 0 Å². The van der Waals surface area contributed by atoms with E-state index in [2.05, 4.69) is 15.3 Å². The third kappa shape index (κ3) is 2.22. The molecule has 3 heterocycles. The van der Waals surface area contributed by atoms with Crippen molar-refractivity contribution in [1.29, 1.82) is 0 Å². The molecule has 1 fully saturated rings. The van der Waals surface area contributed by atoms with Gasteiger partial charge in [-0.2, -0.15) is 0 Å². The van der Waals surface area contributed by atoms with Gasteiger partial charge in [0.25, 0.3) is 0 Å². The number of carbonyl (C=O) groups excluding carboxylic acids is 1. The molecule has 2 aliphatic rings. The number of urea groups is 1. The quantitative estimate of drug-likeness (QED) is 0.877. The molecule has 0 spiro atoms. The molecule has 2 amide bonds. The first-order chi connectivity index (χ1) is 10.7. The highest BCUT2D eigenvalue weighted by atomic mass is 35.5. The van der Waals surface area contributed by atoms with Crippen molar-refractivity contribution in [3.05, 3.63) is 53.1 Å². The number of amides is 2. The average Bonchev–Trinajstić information content (AvgIpc) is 2.85. The zero-order chi connectivity index (χ0) is 15.1. The van der Waals surface area contributed by atoms with Crippen LogP contribution in [0.25, 0.3) is 0 Å². The summed E-state index contributed by atoms with van der Waals surface area (Å²) in [6, 6.07) is 7.40. The lowest BCUT2D eigenvalue weighted by molar-refractivity contribution is 0.178. The minimum Gasteiger partial charge on any atom is -0.314 e. The SMILES string of the molecule is O=C(Nc1ccc(Cl)cc1)N1[C@H]2CC[C@@H]1c1cncnc1C2. The van der Waals surface area contributed by atoms with Crippen LogP contribution in [0.4, 0.5) is 10.5 Å². The fourth-order valence-electron chi connectivity index (χ4n) is 3.46. The summed E-state index contributed by atoms with van der Waals surface area (Å²) >= 11 is 5.87. The van der Waals surface area contributed by atoms with Gasteiger partial charge in [0, 0.05) is 34.9 Å². The summed E-state index contributed by atoms with van der Waals surface area (Å²) in [6.07, 6.45) is 6.22. The maximum absolute atomic E-state index is 12.7. The lowest BCUT2D eigenvalue weighted by Crippen LogP contribution is -2.44. The van der Waals surface area contributed by atoms with Gasteiger partial charge in [-0.3, -0.25) is 0 Å². The Hall–Kier alpha value is -2.14. The van der Waals surface area contributed by atoms with Crippen LogP contribution in [0, 0.1) is 0 Å². The van der Waals surface area contributed by atoms with Crippen LogP contribution < -0.4 is 5.32 Å². The molecular weight excluding hydrogens is 300 g/mol. The minimum atomic E-state index is -0.0654. The summed E-state index contributed by atoms with van der Waals surface area (Å²) < 4.78 is 0. The summed E-state index contributed by atoms with van der Waals surface area (Å²) in [5, 5.41) is 3.61. The fraction of sp³-hybridized carbons (Fsp3) is 0.312. The molecule has 0 saturated carbocycles. The van der Waals surface area contributed by atoms with Crippen molar-refractivity contribution in [2.45, 2.75) is 31.3 Å². The summed E-state index contributed by atoms with van der Waals surface area (Å²) in [5.74, 6) is 0. The number of halogens is 1. The predicted octanol–water partition coefficient (Wildman–Crippen LogP) is 3.42. The first-order valence-electron chi connectivity index (χ1n) is 7.36. The molecular formula is C16H15ClN4O. The molecule has 5 nitrogen and oxygen atoms in total. The van der Waals surface area contributed by atoms with Gasteiger partial charge in [0.1, 0.15) is 6.33 Å². The third-order valence-electron chi connectivity index (χ3n) is 4.45. The molecule has 6 heteroatoms. The Morgan fingerprint density at radius 1 is 1.27 bits per heavy atom. The lowest BCUT2D eigenvalue weighted by Gasteiger charge is -2.35. The van der Waals surface area contributed by atoms with E-state index in [0.717, 1.165) is 36.2 Å². The number of nitrogens with zero attached hydrogens (tertiary/aromatic N) is 3. The molecule has 2 aliphatic heterocycles. The Bertz CT molecular complexity index is 718. The first kappa shape index (κ1) is 13.5. The molecule has 0 unspecified atom stereocenters. The van der Waals surface area contributed by atoms with Crippen LogP contribution in [-0.2, 0) is 6.42 Å². The summed E-state index contributed by atoms with van der Waals surface area (Å²) in [6.45, 7) is 0. The number of hydrogen-bond donors (Lipinski definition) is 1. The van der Waals surface area contributed by atoms with E-state index in [1.165, 1.54) is 0 Å². The molecule has 2 atom stereocenters. The number of hydrogen-bond acceptors (Lipinski definition) is 3. The van der Waals surface area contributed by atoms with Crippen molar-refractivity contribution >= 4 is 23.3 Å². The van der Waals surface area contributed by atoms with Gasteiger partial charge in [-0.1, -0.05) is 11.6 Å². The summed E-state index contributed by atoms with van der Waals surface area (Å²) in [5.41, 5.74) is 2.92. The maximum atomic E-state index is 12.7. The van der Waals surface area contributed by atoms with E-state index in [4.69, 9.17) is 11.6 Å². The zero-order valence-electron chi connectivity index (χ0n) is 11.9. The molecule has 0 aliphatic carbocycles. The Morgan fingerprint density at radius 3 is 2.91 bits per heavy atom. The van der Waals surface area contributed by atoms with Gasteiger partial charge in [-0.25, -0.2) is 14.8 Å². The molecule has 1 aromatic carbocycles. The summed E-state index contributed by atoms with van der Waals surface area (Å²) in [7, 11) is 0. The Labute approximate surface area is 133 Å². The first-order valence-corrected chi connectivity index (χ1v) is 7.74. The number of nitrogens with one attached hydrogen (secondary N) is 1. The van der Waals surface area contributed by atoms with E-state index in [-0.39, 0.29) is 18.1 Å². The van der Waals surface area contributed by atoms with Gasteiger partial charge in [-0.05, 0) is 37.1 Å². The molecule has 2 aromatic rings. The highest BCUT2D eigenvalue weighted by Gasteiger charge is 2.43. The molecule has 22 heavy (non-hydrogen) atoms. The van der Waals surface area contributed by atoms with E-state index in [1.807, 2.05) is 23.2 Å². The third-order valence-corrected chi connectivity index (χ3v) is 4.70. The van der Waals surface area contributed by atoms with Crippen LogP contribution in [0.2, 0.25) is 5.02 Å². The predicted molar refractivity (Wildman–Crippen MR) is 83.8 cm³/mol. The smallest absolute Gasteiger partial charge is 0.314 e. The number of carbonyl (C=O) groups is 1. The number of rotatable bonds is 1. The second-order valence-electron chi connectivity index (χ2n) is 5.72. The van der Waals surface area contributed by atoms with Gasteiger partial charge in [0.05, 0.1) is 11.7 Å². The molecule has 1 N–H and O–H groups in total. The highest BCUT2D eigenvalue weighted by Crippen LogP contribution is 2.42.